The molecule has 1 unspecified atom stereocenters. The number of carbonyl (C=O) groups excluding carboxylic acids is 1. The van der Waals surface area contributed by atoms with Gasteiger partial charge in [-0.15, -0.1) is 0 Å². The molecule has 0 aromatic heterocycles. The minimum atomic E-state index is -0.121. The summed E-state index contributed by atoms with van der Waals surface area (Å²) in [6, 6.07) is 7.01. The molecule has 2 saturated heterocycles. The van der Waals surface area contributed by atoms with Gasteiger partial charge in [0, 0.05) is 38.7 Å². The van der Waals surface area contributed by atoms with E-state index in [1.807, 2.05) is 17.0 Å². The van der Waals surface area contributed by atoms with Gasteiger partial charge in [-0.3, -0.25) is 9.69 Å². The third-order valence-electron chi connectivity index (χ3n) is 5.43. The molecule has 4 nitrogen and oxygen atoms in total. The number of halogens is 1. The Hall–Kier alpha value is -1.46. The maximum absolute atomic E-state index is 13.8. The third kappa shape index (κ3) is 5.25. The Morgan fingerprint density at radius 2 is 2.00 bits per heavy atom. The van der Waals surface area contributed by atoms with E-state index >= 15 is 0 Å². The molecule has 1 amide bonds. The molecular weight excluding hydrogens is 319 g/mol. The lowest BCUT2D eigenvalue weighted by molar-refractivity contribution is -0.131. The molecule has 2 aliphatic rings. The summed E-state index contributed by atoms with van der Waals surface area (Å²) in [5, 5.41) is 0. The molecule has 0 saturated carbocycles. The van der Waals surface area contributed by atoms with E-state index in [1.54, 1.807) is 13.0 Å². The Labute approximate surface area is 149 Å². The fourth-order valence-corrected chi connectivity index (χ4v) is 3.87. The van der Waals surface area contributed by atoms with Gasteiger partial charge < -0.3 is 9.64 Å². The molecule has 1 aromatic carbocycles. The minimum absolute atomic E-state index is 0.121. The zero-order valence-corrected chi connectivity index (χ0v) is 15.1. The van der Waals surface area contributed by atoms with Crippen molar-refractivity contribution in [2.45, 2.75) is 45.3 Å². The second-order valence-electron chi connectivity index (χ2n) is 7.37. The number of rotatable bonds is 6. The average Bonchev–Trinajstić information content (AvgIpc) is 3.11. The number of nitrogens with zero attached hydrogens (tertiary/aromatic N) is 2. The largest absolute Gasteiger partial charge is 0.376 e. The highest BCUT2D eigenvalue weighted by atomic mass is 19.1. The molecule has 3 rings (SSSR count). The Morgan fingerprint density at radius 3 is 2.64 bits per heavy atom. The van der Waals surface area contributed by atoms with Gasteiger partial charge in [0.25, 0.3) is 0 Å². The topological polar surface area (TPSA) is 32.8 Å². The van der Waals surface area contributed by atoms with Gasteiger partial charge in [-0.2, -0.15) is 0 Å². The molecule has 138 valence electrons. The van der Waals surface area contributed by atoms with Crippen LogP contribution in [0.25, 0.3) is 0 Å². The Balaban J connectivity index is 1.46. The fourth-order valence-electron chi connectivity index (χ4n) is 3.87. The van der Waals surface area contributed by atoms with Crippen molar-refractivity contribution in [1.82, 2.24) is 9.80 Å². The van der Waals surface area contributed by atoms with Crippen LogP contribution in [-0.2, 0) is 16.1 Å². The number of hydrogen-bond acceptors (Lipinski definition) is 3. The summed E-state index contributed by atoms with van der Waals surface area (Å²) < 4.78 is 19.5. The first-order valence-electron chi connectivity index (χ1n) is 9.44. The standard InChI is InChI=1S/C20H29FN2O2/c1-16(24)23(15-19-6-4-12-25-19)13-17-8-10-22(11-9-17)14-18-5-2-3-7-20(18)21/h2-3,5,7,17,19H,4,6,8-15H2,1H3. The van der Waals surface area contributed by atoms with Crippen LogP contribution in [0, 0.1) is 11.7 Å². The zero-order valence-electron chi connectivity index (χ0n) is 15.1. The van der Waals surface area contributed by atoms with E-state index in [2.05, 4.69) is 4.90 Å². The molecule has 0 spiro atoms. The van der Waals surface area contributed by atoms with Crippen molar-refractivity contribution in [1.29, 1.82) is 0 Å². The highest BCUT2D eigenvalue weighted by Gasteiger charge is 2.26. The molecule has 5 heteroatoms. The molecule has 25 heavy (non-hydrogen) atoms. The van der Waals surface area contributed by atoms with Crippen LogP contribution in [0.2, 0.25) is 0 Å². The number of amides is 1. The molecule has 0 bridgehead atoms. The molecule has 0 radical (unpaired) electrons. The lowest BCUT2D eigenvalue weighted by Gasteiger charge is -2.35. The predicted molar refractivity (Wildman–Crippen MR) is 95.6 cm³/mol. The number of likely N-dealkylation sites (tertiary alicyclic amines) is 1. The normalized spacial score (nSPS) is 22.2. The Kier molecular flexibility index (Phi) is 6.43. The number of piperidine rings is 1. The van der Waals surface area contributed by atoms with E-state index in [1.165, 1.54) is 6.07 Å². The third-order valence-corrected chi connectivity index (χ3v) is 5.43. The van der Waals surface area contributed by atoms with E-state index in [0.717, 1.165) is 64.0 Å². The summed E-state index contributed by atoms with van der Waals surface area (Å²) >= 11 is 0. The molecule has 0 N–H and O–H groups in total. The van der Waals surface area contributed by atoms with Crippen LogP contribution in [0.3, 0.4) is 0 Å². The minimum Gasteiger partial charge on any atom is -0.376 e. The van der Waals surface area contributed by atoms with Gasteiger partial charge in [0.15, 0.2) is 0 Å². The van der Waals surface area contributed by atoms with Crippen LogP contribution in [0.4, 0.5) is 4.39 Å². The number of carbonyl (C=O) groups is 1. The lowest BCUT2D eigenvalue weighted by atomic mass is 9.95. The summed E-state index contributed by atoms with van der Waals surface area (Å²) in [6.45, 7) is 6.63. The van der Waals surface area contributed by atoms with Crippen molar-refractivity contribution >= 4 is 5.91 Å². The first kappa shape index (κ1) is 18.3. The van der Waals surface area contributed by atoms with Gasteiger partial charge in [-0.05, 0) is 50.8 Å². The van der Waals surface area contributed by atoms with Crippen molar-refractivity contribution in [2.24, 2.45) is 5.92 Å². The number of ether oxygens (including phenoxy) is 1. The Morgan fingerprint density at radius 1 is 1.24 bits per heavy atom. The van der Waals surface area contributed by atoms with E-state index in [9.17, 15) is 9.18 Å². The van der Waals surface area contributed by atoms with Gasteiger partial charge in [-0.25, -0.2) is 4.39 Å². The fraction of sp³-hybridized carbons (Fsp3) is 0.650. The van der Waals surface area contributed by atoms with E-state index in [4.69, 9.17) is 4.74 Å². The van der Waals surface area contributed by atoms with Crippen LogP contribution in [0.1, 0.15) is 38.2 Å². The van der Waals surface area contributed by atoms with Gasteiger partial charge in [0.05, 0.1) is 6.10 Å². The van der Waals surface area contributed by atoms with E-state index < -0.39 is 0 Å². The monoisotopic (exact) mass is 348 g/mol. The highest BCUT2D eigenvalue weighted by Crippen LogP contribution is 2.22. The maximum atomic E-state index is 13.8. The smallest absolute Gasteiger partial charge is 0.219 e. The van der Waals surface area contributed by atoms with E-state index in [-0.39, 0.29) is 17.8 Å². The van der Waals surface area contributed by atoms with Crippen LogP contribution in [0.5, 0.6) is 0 Å². The van der Waals surface area contributed by atoms with Gasteiger partial charge in [0.2, 0.25) is 5.91 Å². The van der Waals surface area contributed by atoms with Crippen molar-refractivity contribution in [2.75, 3.05) is 32.8 Å². The summed E-state index contributed by atoms with van der Waals surface area (Å²) in [6.07, 6.45) is 4.49. The lowest BCUT2D eigenvalue weighted by Crippen LogP contribution is -2.42. The number of hydrogen-bond donors (Lipinski definition) is 0. The quantitative estimate of drug-likeness (QED) is 0.792. The molecule has 1 atom stereocenters. The molecule has 2 heterocycles. The second kappa shape index (κ2) is 8.77. The Bertz CT molecular complexity index is 567. The van der Waals surface area contributed by atoms with Crippen LogP contribution in [0.15, 0.2) is 24.3 Å². The van der Waals surface area contributed by atoms with Crippen LogP contribution in [-0.4, -0.2) is 54.6 Å². The number of benzene rings is 1. The van der Waals surface area contributed by atoms with Gasteiger partial charge in [0.1, 0.15) is 5.82 Å². The van der Waals surface area contributed by atoms with Crippen molar-refractivity contribution in [3.63, 3.8) is 0 Å². The maximum Gasteiger partial charge on any atom is 0.219 e. The van der Waals surface area contributed by atoms with Gasteiger partial charge in [-0.1, -0.05) is 18.2 Å². The summed E-state index contributed by atoms with van der Waals surface area (Å²) in [4.78, 5) is 16.2. The first-order chi connectivity index (χ1) is 12.1. The van der Waals surface area contributed by atoms with Crippen LogP contribution >= 0.6 is 0 Å². The van der Waals surface area contributed by atoms with E-state index in [0.29, 0.717) is 12.5 Å². The molecule has 2 fully saturated rings. The predicted octanol–water partition coefficient (Wildman–Crippen LogP) is 3.07. The average molecular weight is 348 g/mol. The second-order valence-corrected chi connectivity index (χ2v) is 7.37. The first-order valence-corrected chi connectivity index (χ1v) is 9.44. The summed E-state index contributed by atoms with van der Waals surface area (Å²) in [7, 11) is 0. The summed E-state index contributed by atoms with van der Waals surface area (Å²) in [5.41, 5.74) is 0.768. The van der Waals surface area contributed by atoms with Crippen molar-refractivity contribution in [3.8, 4) is 0 Å². The van der Waals surface area contributed by atoms with Gasteiger partial charge >= 0.3 is 0 Å². The molecule has 2 aliphatic heterocycles. The summed E-state index contributed by atoms with van der Waals surface area (Å²) in [5.74, 6) is 0.551. The SMILES string of the molecule is CC(=O)N(CC1CCN(Cc2ccccc2F)CC1)CC1CCCO1. The van der Waals surface area contributed by atoms with Crippen molar-refractivity contribution in [3.05, 3.63) is 35.6 Å². The molecule has 0 aliphatic carbocycles. The molecule has 1 aromatic rings. The van der Waals surface area contributed by atoms with Crippen LogP contribution < -0.4 is 0 Å². The molecular formula is C20H29FN2O2. The zero-order chi connectivity index (χ0) is 17.6. The van der Waals surface area contributed by atoms with Crippen molar-refractivity contribution < 1.29 is 13.9 Å². The highest BCUT2D eigenvalue weighted by molar-refractivity contribution is 5.73.